The molecule has 0 fully saturated rings. The fraction of sp³-hybridized carbons (Fsp3) is 0.364. The monoisotopic (exact) mass is 285 g/mol. The van der Waals surface area contributed by atoms with Gasteiger partial charge in [-0.1, -0.05) is 0 Å². The number of aliphatic hydroxyl groups is 1. The molecule has 3 N–H and O–H groups in total. The van der Waals surface area contributed by atoms with Crippen molar-refractivity contribution in [3.63, 3.8) is 0 Å². The zero-order valence-electron chi connectivity index (χ0n) is 10.5. The van der Waals surface area contributed by atoms with Gasteiger partial charge in [0.25, 0.3) is 0 Å². The van der Waals surface area contributed by atoms with Crippen molar-refractivity contribution in [1.29, 1.82) is 0 Å². The Morgan fingerprint density at radius 2 is 2.32 bits per heavy atom. The first-order valence-electron chi connectivity index (χ1n) is 5.66. The lowest BCUT2D eigenvalue weighted by molar-refractivity contribution is 0.273. The predicted octanol–water partition coefficient (Wildman–Crippen LogP) is 0.843. The van der Waals surface area contributed by atoms with Crippen LogP contribution < -0.4 is 4.72 Å². The molecule has 7 nitrogen and oxygen atoms in total. The number of aliphatic hydroxyl groups excluding tert-OH is 1. The minimum Gasteiger partial charge on any atom is -0.468 e. The highest BCUT2D eigenvalue weighted by atomic mass is 32.2. The zero-order valence-corrected chi connectivity index (χ0v) is 11.4. The Labute approximate surface area is 110 Å². The summed E-state index contributed by atoms with van der Waals surface area (Å²) < 4.78 is 32.2. The third kappa shape index (κ3) is 2.70. The number of sulfonamides is 1. The SMILES string of the molecule is Cc1[nH]nc(CO)c1S(=O)(=O)NC(C)c1ccco1. The molecule has 0 saturated heterocycles. The smallest absolute Gasteiger partial charge is 0.244 e. The molecule has 19 heavy (non-hydrogen) atoms. The summed E-state index contributed by atoms with van der Waals surface area (Å²) in [5.74, 6) is 0.510. The molecule has 2 rings (SSSR count). The third-order valence-electron chi connectivity index (χ3n) is 2.68. The summed E-state index contributed by atoms with van der Waals surface area (Å²) >= 11 is 0. The van der Waals surface area contributed by atoms with Crippen molar-refractivity contribution in [2.24, 2.45) is 0 Å². The van der Waals surface area contributed by atoms with Crippen LogP contribution in [-0.4, -0.2) is 23.7 Å². The number of nitrogens with zero attached hydrogens (tertiary/aromatic N) is 1. The minimum absolute atomic E-state index is 0.0200. The molecule has 0 aliphatic rings. The molecule has 2 heterocycles. The van der Waals surface area contributed by atoms with Gasteiger partial charge < -0.3 is 9.52 Å². The van der Waals surface area contributed by atoms with E-state index in [-0.39, 0.29) is 10.6 Å². The van der Waals surface area contributed by atoms with Crippen LogP contribution in [0.4, 0.5) is 0 Å². The molecule has 8 heteroatoms. The van der Waals surface area contributed by atoms with Crippen LogP contribution in [0.25, 0.3) is 0 Å². The molecule has 2 aromatic rings. The summed E-state index contributed by atoms with van der Waals surface area (Å²) in [5, 5.41) is 15.4. The van der Waals surface area contributed by atoms with E-state index in [0.29, 0.717) is 11.5 Å². The van der Waals surface area contributed by atoms with Crippen LogP contribution in [0.15, 0.2) is 27.7 Å². The number of hydrogen-bond donors (Lipinski definition) is 3. The second-order valence-electron chi connectivity index (χ2n) is 4.14. The average Bonchev–Trinajstić information content (AvgIpc) is 2.96. The van der Waals surface area contributed by atoms with Gasteiger partial charge in [0.05, 0.1) is 24.6 Å². The maximum Gasteiger partial charge on any atom is 0.244 e. The molecule has 2 aromatic heterocycles. The lowest BCUT2D eigenvalue weighted by atomic mass is 10.3. The van der Waals surface area contributed by atoms with Crippen molar-refractivity contribution in [1.82, 2.24) is 14.9 Å². The van der Waals surface area contributed by atoms with Gasteiger partial charge in [-0.15, -0.1) is 0 Å². The van der Waals surface area contributed by atoms with Crippen LogP contribution in [0.2, 0.25) is 0 Å². The Morgan fingerprint density at radius 1 is 1.58 bits per heavy atom. The number of aromatic amines is 1. The van der Waals surface area contributed by atoms with Gasteiger partial charge >= 0.3 is 0 Å². The number of rotatable bonds is 5. The summed E-state index contributed by atoms with van der Waals surface area (Å²) in [7, 11) is -3.78. The second kappa shape index (κ2) is 5.16. The number of nitrogens with one attached hydrogen (secondary N) is 2. The highest BCUT2D eigenvalue weighted by molar-refractivity contribution is 7.89. The van der Waals surface area contributed by atoms with Gasteiger partial charge in [-0.25, -0.2) is 13.1 Å². The minimum atomic E-state index is -3.78. The van der Waals surface area contributed by atoms with E-state index in [1.165, 1.54) is 6.26 Å². The van der Waals surface area contributed by atoms with Gasteiger partial charge in [0.1, 0.15) is 16.3 Å². The molecule has 0 bridgehead atoms. The Kier molecular flexibility index (Phi) is 3.74. The Hall–Kier alpha value is -1.64. The first-order valence-corrected chi connectivity index (χ1v) is 7.14. The molecule has 0 spiro atoms. The van der Waals surface area contributed by atoms with E-state index in [4.69, 9.17) is 9.52 Å². The van der Waals surface area contributed by atoms with Gasteiger partial charge in [0.15, 0.2) is 0 Å². The van der Waals surface area contributed by atoms with E-state index >= 15 is 0 Å². The fourth-order valence-corrected chi connectivity index (χ4v) is 3.39. The molecule has 0 aromatic carbocycles. The van der Waals surface area contributed by atoms with E-state index in [2.05, 4.69) is 14.9 Å². The van der Waals surface area contributed by atoms with Crippen molar-refractivity contribution in [3.05, 3.63) is 35.5 Å². The second-order valence-corrected chi connectivity index (χ2v) is 5.79. The van der Waals surface area contributed by atoms with E-state index in [9.17, 15) is 8.42 Å². The molecule has 0 radical (unpaired) electrons. The highest BCUT2D eigenvalue weighted by Crippen LogP contribution is 2.21. The lowest BCUT2D eigenvalue weighted by Crippen LogP contribution is -2.27. The Morgan fingerprint density at radius 3 is 2.89 bits per heavy atom. The number of aromatic nitrogens is 2. The fourth-order valence-electron chi connectivity index (χ4n) is 1.82. The molecule has 0 saturated carbocycles. The van der Waals surface area contributed by atoms with Crippen molar-refractivity contribution in [2.75, 3.05) is 0 Å². The van der Waals surface area contributed by atoms with E-state index < -0.39 is 22.7 Å². The number of hydrogen-bond acceptors (Lipinski definition) is 5. The van der Waals surface area contributed by atoms with Crippen LogP contribution in [0.3, 0.4) is 0 Å². The van der Waals surface area contributed by atoms with E-state index in [1.807, 2.05) is 0 Å². The summed E-state index contributed by atoms with van der Waals surface area (Å²) in [4.78, 5) is -0.0200. The molecule has 0 amide bonds. The highest BCUT2D eigenvalue weighted by Gasteiger charge is 2.26. The maximum atomic E-state index is 12.3. The average molecular weight is 285 g/mol. The lowest BCUT2D eigenvalue weighted by Gasteiger charge is -2.12. The summed E-state index contributed by atoms with van der Waals surface area (Å²) in [5.41, 5.74) is 0.472. The molecule has 0 aliphatic heterocycles. The van der Waals surface area contributed by atoms with Gasteiger partial charge in [-0.05, 0) is 26.0 Å². The van der Waals surface area contributed by atoms with Crippen LogP contribution in [0, 0.1) is 6.92 Å². The molecule has 0 aliphatic carbocycles. The first kappa shape index (κ1) is 13.8. The topological polar surface area (TPSA) is 108 Å². The molecule has 1 atom stereocenters. The van der Waals surface area contributed by atoms with Crippen LogP contribution in [-0.2, 0) is 16.6 Å². The Bertz CT molecular complexity index is 646. The normalized spacial score (nSPS) is 13.6. The molecule has 104 valence electrons. The predicted molar refractivity (Wildman–Crippen MR) is 66.7 cm³/mol. The quantitative estimate of drug-likeness (QED) is 0.754. The standard InChI is InChI=1S/C11H15N3O4S/c1-7(10-4-3-5-18-10)14-19(16,17)11-8(2)12-13-9(11)6-15/h3-5,7,14-15H,6H2,1-2H3,(H,12,13). The van der Waals surface area contributed by atoms with Gasteiger partial charge in [0, 0.05) is 0 Å². The number of H-pyrrole nitrogens is 1. The van der Waals surface area contributed by atoms with Crippen LogP contribution >= 0.6 is 0 Å². The number of furan rings is 1. The zero-order chi connectivity index (χ0) is 14.0. The van der Waals surface area contributed by atoms with Crippen LogP contribution in [0.5, 0.6) is 0 Å². The molecular weight excluding hydrogens is 270 g/mol. The van der Waals surface area contributed by atoms with Crippen LogP contribution in [0.1, 0.15) is 30.1 Å². The molecule has 1 unspecified atom stereocenters. The van der Waals surface area contributed by atoms with Crippen molar-refractivity contribution in [2.45, 2.75) is 31.4 Å². The summed E-state index contributed by atoms with van der Waals surface area (Å²) in [6.07, 6.45) is 1.47. The number of aryl methyl sites for hydroxylation is 1. The van der Waals surface area contributed by atoms with E-state index in [1.54, 1.807) is 26.0 Å². The van der Waals surface area contributed by atoms with Crippen molar-refractivity contribution >= 4 is 10.0 Å². The van der Waals surface area contributed by atoms with E-state index in [0.717, 1.165) is 0 Å². The third-order valence-corrected chi connectivity index (χ3v) is 4.42. The Balaban J connectivity index is 2.30. The van der Waals surface area contributed by atoms with Gasteiger partial charge in [0.2, 0.25) is 10.0 Å². The maximum absolute atomic E-state index is 12.3. The summed E-state index contributed by atoms with van der Waals surface area (Å²) in [6, 6.07) is 2.85. The van der Waals surface area contributed by atoms with Crippen molar-refractivity contribution in [3.8, 4) is 0 Å². The van der Waals surface area contributed by atoms with Crippen molar-refractivity contribution < 1.29 is 17.9 Å². The summed E-state index contributed by atoms with van der Waals surface area (Å²) in [6.45, 7) is 2.80. The first-order chi connectivity index (χ1) is 8.95. The largest absolute Gasteiger partial charge is 0.468 e. The van der Waals surface area contributed by atoms with Gasteiger partial charge in [-0.2, -0.15) is 5.10 Å². The van der Waals surface area contributed by atoms with Gasteiger partial charge in [-0.3, -0.25) is 5.10 Å². The molecular formula is C11H15N3O4S.